The first-order valence-electron chi connectivity index (χ1n) is 12.4. The predicted octanol–water partition coefficient (Wildman–Crippen LogP) is 3.65. The maximum Gasteiger partial charge on any atom is 0.409 e. The van der Waals surface area contributed by atoms with Crippen molar-refractivity contribution in [2.45, 2.75) is 38.8 Å². The van der Waals surface area contributed by atoms with E-state index in [1.807, 2.05) is 6.92 Å². The SMILES string of the molecule is CCOC(=O)N1CC2(CC[C@@H](N3CCN(c4ncc(F)cc4-c4cccc(F)c4CO)CC3)C2)C1. The molecule has 1 aromatic heterocycles. The molecule has 1 spiro atoms. The van der Waals surface area contributed by atoms with Crippen LogP contribution in [0.3, 0.4) is 0 Å². The highest BCUT2D eigenvalue weighted by Gasteiger charge is 2.51. The quantitative estimate of drug-likeness (QED) is 0.696. The minimum absolute atomic E-state index is 0.147. The number of piperazine rings is 1. The van der Waals surface area contributed by atoms with E-state index in [9.17, 15) is 18.7 Å². The molecule has 35 heavy (non-hydrogen) atoms. The smallest absolute Gasteiger partial charge is 0.409 e. The van der Waals surface area contributed by atoms with Crippen LogP contribution < -0.4 is 4.90 Å². The van der Waals surface area contributed by atoms with Gasteiger partial charge in [-0.2, -0.15) is 0 Å². The van der Waals surface area contributed by atoms with Gasteiger partial charge in [0.05, 0.1) is 19.4 Å². The summed E-state index contributed by atoms with van der Waals surface area (Å²) in [6.45, 7) is 6.50. The number of benzene rings is 1. The van der Waals surface area contributed by atoms with Gasteiger partial charge in [-0.15, -0.1) is 0 Å². The molecule has 1 atom stereocenters. The summed E-state index contributed by atoms with van der Waals surface area (Å²) in [6.07, 6.45) is 4.32. The van der Waals surface area contributed by atoms with E-state index in [1.54, 1.807) is 17.0 Å². The summed E-state index contributed by atoms with van der Waals surface area (Å²) < 4.78 is 33.6. The van der Waals surface area contributed by atoms with Crippen LogP contribution in [0.2, 0.25) is 0 Å². The minimum Gasteiger partial charge on any atom is -0.450 e. The van der Waals surface area contributed by atoms with Crippen molar-refractivity contribution >= 4 is 11.9 Å². The van der Waals surface area contributed by atoms with E-state index in [-0.39, 0.29) is 17.1 Å². The lowest BCUT2D eigenvalue weighted by Gasteiger charge is -2.48. The van der Waals surface area contributed by atoms with Gasteiger partial charge in [0.2, 0.25) is 0 Å². The van der Waals surface area contributed by atoms with Gasteiger partial charge in [-0.05, 0) is 43.9 Å². The standard InChI is InChI=1S/C26H32F2N4O3/c1-2-35-25(34)32-16-26(17-32)7-6-19(13-26)30-8-10-31(11-9-30)24-21(12-18(27)14-29-24)20-4-3-5-23(28)22(20)15-33/h3-5,12,14,19,33H,2,6-11,13,15-17H2,1H3/t19-/m1/s1. The second-order valence-corrected chi connectivity index (χ2v) is 9.92. The molecule has 0 unspecified atom stereocenters. The molecule has 5 rings (SSSR count). The lowest BCUT2D eigenvalue weighted by molar-refractivity contribution is -0.00294. The molecule has 2 saturated heterocycles. The molecule has 9 heteroatoms. The van der Waals surface area contributed by atoms with Gasteiger partial charge >= 0.3 is 6.09 Å². The molecular weight excluding hydrogens is 454 g/mol. The molecule has 1 saturated carbocycles. The number of carbonyl (C=O) groups excluding carboxylic acids is 1. The number of hydrogen-bond acceptors (Lipinski definition) is 6. The summed E-state index contributed by atoms with van der Waals surface area (Å²) in [4.78, 5) is 22.8. The molecule has 3 aliphatic rings. The van der Waals surface area contributed by atoms with Gasteiger partial charge in [0.15, 0.2) is 0 Å². The van der Waals surface area contributed by atoms with E-state index in [1.165, 1.54) is 18.3 Å². The van der Waals surface area contributed by atoms with Crippen molar-refractivity contribution in [1.82, 2.24) is 14.8 Å². The number of amides is 1. The normalized spacial score (nSPS) is 21.9. The van der Waals surface area contributed by atoms with Gasteiger partial charge in [-0.1, -0.05) is 12.1 Å². The average molecular weight is 487 g/mol. The number of nitrogens with zero attached hydrogens (tertiary/aromatic N) is 4. The summed E-state index contributed by atoms with van der Waals surface area (Å²) in [5.41, 5.74) is 1.33. The highest BCUT2D eigenvalue weighted by atomic mass is 19.1. The number of rotatable bonds is 5. The van der Waals surface area contributed by atoms with Crippen LogP contribution >= 0.6 is 0 Å². The van der Waals surface area contributed by atoms with Gasteiger partial charge in [0.1, 0.15) is 17.5 Å². The van der Waals surface area contributed by atoms with E-state index in [0.717, 1.165) is 58.5 Å². The van der Waals surface area contributed by atoms with Gasteiger partial charge in [-0.25, -0.2) is 18.6 Å². The van der Waals surface area contributed by atoms with Crippen molar-refractivity contribution in [3.05, 3.63) is 47.7 Å². The minimum atomic E-state index is -0.516. The second kappa shape index (κ2) is 9.70. The van der Waals surface area contributed by atoms with Crippen LogP contribution in [0, 0.1) is 17.0 Å². The molecule has 3 fully saturated rings. The number of aliphatic hydroxyl groups is 1. The van der Waals surface area contributed by atoms with Gasteiger partial charge < -0.3 is 19.6 Å². The number of likely N-dealkylation sites (tertiary alicyclic amines) is 1. The fourth-order valence-corrected chi connectivity index (χ4v) is 6.04. The summed E-state index contributed by atoms with van der Waals surface area (Å²) in [5, 5.41) is 9.72. The average Bonchev–Trinajstić information content (AvgIpc) is 3.29. The van der Waals surface area contributed by atoms with E-state index in [4.69, 9.17) is 4.74 Å². The molecule has 2 aliphatic heterocycles. The molecule has 1 N–H and O–H groups in total. The maximum absolute atomic E-state index is 14.3. The molecule has 1 aliphatic carbocycles. The highest BCUT2D eigenvalue weighted by molar-refractivity contribution is 5.78. The Morgan fingerprint density at radius 3 is 2.69 bits per heavy atom. The van der Waals surface area contributed by atoms with Crippen LogP contribution in [-0.2, 0) is 11.3 Å². The molecule has 7 nitrogen and oxygen atoms in total. The molecule has 0 bridgehead atoms. The maximum atomic E-state index is 14.3. The molecule has 1 aromatic carbocycles. The second-order valence-electron chi connectivity index (χ2n) is 9.92. The Bertz CT molecular complexity index is 1080. The van der Waals surface area contributed by atoms with E-state index >= 15 is 0 Å². The van der Waals surface area contributed by atoms with Crippen molar-refractivity contribution in [3.63, 3.8) is 0 Å². The van der Waals surface area contributed by atoms with Crippen LogP contribution in [0.15, 0.2) is 30.5 Å². The van der Waals surface area contributed by atoms with Crippen LogP contribution in [-0.4, -0.2) is 77.9 Å². The first kappa shape index (κ1) is 23.9. The summed E-state index contributed by atoms with van der Waals surface area (Å²) in [5.74, 6) is -0.403. The first-order chi connectivity index (χ1) is 16.9. The van der Waals surface area contributed by atoms with E-state index in [0.29, 0.717) is 29.6 Å². The van der Waals surface area contributed by atoms with E-state index in [2.05, 4.69) is 14.8 Å². The lowest BCUT2D eigenvalue weighted by atomic mass is 9.78. The number of pyridine rings is 1. The fraction of sp³-hybridized carbons (Fsp3) is 0.538. The number of halogens is 2. The Morgan fingerprint density at radius 2 is 1.97 bits per heavy atom. The molecule has 2 aromatic rings. The summed E-state index contributed by atoms with van der Waals surface area (Å²) in [6, 6.07) is 6.42. The number of hydrogen-bond donors (Lipinski definition) is 1. The van der Waals surface area contributed by atoms with Gasteiger partial charge in [-0.3, -0.25) is 4.90 Å². The number of ether oxygens (including phenoxy) is 1. The predicted molar refractivity (Wildman–Crippen MR) is 128 cm³/mol. The van der Waals surface area contributed by atoms with Crippen molar-refractivity contribution in [2.24, 2.45) is 5.41 Å². The molecular formula is C26H32F2N4O3. The Morgan fingerprint density at radius 1 is 1.20 bits per heavy atom. The van der Waals surface area contributed by atoms with Crippen molar-refractivity contribution in [1.29, 1.82) is 0 Å². The Hall–Kier alpha value is -2.78. The van der Waals surface area contributed by atoms with Crippen LogP contribution in [0.1, 0.15) is 31.7 Å². The topological polar surface area (TPSA) is 69.1 Å². The van der Waals surface area contributed by atoms with Crippen molar-refractivity contribution < 1.29 is 23.4 Å². The van der Waals surface area contributed by atoms with Gasteiger partial charge in [0.25, 0.3) is 0 Å². The van der Waals surface area contributed by atoms with Crippen LogP contribution in [0.4, 0.5) is 19.4 Å². The zero-order valence-corrected chi connectivity index (χ0v) is 20.1. The van der Waals surface area contributed by atoms with Gasteiger partial charge in [0, 0.05) is 61.9 Å². The third-order valence-corrected chi connectivity index (χ3v) is 7.79. The summed E-state index contributed by atoms with van der Waals surface area (Å²) in [7, 11) is 0. The Kier molecular flexibility index (Phi) is 6.63. The molecule has 188 valence electrons. The zero-order valence-electron chi connectivity index (χ0n) is 20.1. The Labute approximate surface area is 204 Å². The van der Waals surface area contributed by atoms with Crippen LogP contribution in [0.25, 0.3) is 11.1 Å². The third kappa shape index (κ3) is 4.59. The Balaban J connectivity index is 1.24. The number of aromatic nitrogens is 1. The molecule has 3 heterocycles. The highest BCUT2D eigenvalue weighted by Crippen LogP contribution is 2.47. The first-order valence-corrected chi connectivity index (χ1v) is 12.4. The fourth-order valence-electron chi connectivity index (χ4n) is 6.04. The molecule has 0 radical (unpaired) electrons. The largest absolute Gasteiger partial charge is 0.450 e. The van der Waals surface area contributed by atoms with Crippen LogP contribution in [0.5, 0.6) is 0 Å². The monoisotopic (exact) mass is 486 g/mol. The van der Waals surface area contributed by atoms with Crippen molar-refractivity contribution in [2.75, 3.05) is 50.8 Å². The molecule has 1 amide bonds. The third-order valence-electron chi connectivity index (χ3n) is 7.79. The number of carbonyl (C=O) groups is 1. The number of aliphatic hydroxyl groups excluding tert-OH is 1. The lowest BCUT2D eigenvalue weighted by Crippen LogP contribution is -2.58. The summed E-state index contributed by atoms with van der Waals surface area (Å²) >= 11 is 0. The number of anilines is 1. The van der Waals surface area contributed by atoms with E-state index < -0.39 is 18.2 Å². The van der Waals surface area contributed by atoms with Crippen molar-refractivity contribution in [3.8, 4) is 11.1 Å². The zero-order chi connectivity index (χ0) is 24.6.